The largest absolute Gasteiger partial charge is 0.399 e. The van der Waals surface area contributed by atoms with Crippen LogP contribution in [0.4, 0.5) is 11.4 Å². The SMILES string of the molecule is Cc1[nH]nc2c(NCC(C)C)cc(N)cc12. The van der Waals surface area contributed by atoms with Crippen LogP contribution in [0.1, 0.15) is 19.5 Å². The Morgan fingerprint density at radius 2 is 2.19 bits per heavy atom. The summed E-state index contributed by atoms with van der Waals surface area (Å²) in [5.74, 6) is 0.594. The lowest BCUT2D eigenvalue weighted by atomic mass is 10.1. The fourth-order valence-corrected chi connectivity index (χ4v) is 1.71. The van der Waals surface area contributed by atoms with E-state index in [-0.39, 0.29) is 0 Å². The summed E-state index contributed by atoms with van der Waals surface area (Å²) >= 11 is 0. The Hall–Kier alpha value is -1.71. The van der Waals surface area contributed by atoms with E-state index in [1.54, 1.807) is 0 Å². The summed E-state index contributed by atoms with van der Waals surface area (Å²) in [6, 6.07) is 3.89. The van der Waals surface area contributed by atoms with E-state index < -0.39 is 0 Å². The van der Waals surface area contributed by atoms with Crippen LogP contribution in [0.15, 0.2) is 12.1 Å². The lowest BCUT2D eigenvalue weighted by Crippen LogP contribution is -2.08. The maximum atomic E-state index is 5.88. The zero-order valence-corrected chi connectivity index (χ0v) is 9.96. The first-order valence-electron chi connectivity index (χ1n) is 5.56. The molecule has 1 heterocycles. The van der Waals surface area contributed by atoms with Crippen LogP contribution in [0.5, 0.6) is 0 Å². The minimum atomic E-state index is 0.594. The molecule has 1 aromatic carbocycles. The fourth-order valence-electron chi connectivity index (χ4n) is 1.71. The molecule has 0 aliphatic carbocycles. The highest BCUT2D eigenvalue weighted by molar-refractivity contribution is 5.94. The summed E-state index contributed by atoms with van der Waals surface area (Å²) < 4.78 is 0. The van der Waals surface area contributed by atoms with E-state index in [1.165, 1.54) is 0 Å². The number of benzene rings is 1. The Morgan fingerprint density at radius 3 is 2.88 bits per heavy atom. The van der Waals surface area contributed by atoms with Crippen molar-refractivity contribution in [2.75, 3.05) is 17.6 Å². The lowest BCUT2D eigenvalue weighted by Gasteiger charge is -2.10. The molecule has 0 unspecified atom stereocenters. The van der Waals surface area contributed by atoms with Gasteiger partial charge < -0.3 is 11.1 Å². The van der Waals surface area contributed by atoms with E-state index in [0.717, 1.165) is 34.5 Å². The number of H-pyrrole nitrogens is 1. The van der Waals surface area contributed by atoms with E-state index in [4.69, 9.17) is 5.73 Å². The van der Waals surface area contributed by atoms with Gasteiger partial charge in [0.15, 0.2) is 0 Å². The maximum Gasteiger partial charge on any atom is 0.116 e. The quantitative estimate of drug-likeness (QED) is 0.693. The standard InChI is InChI=1S/C12H18N4/c1-7(2)6-14-11-5-9(13)4-10-8(3)15-16-12(10)11/h4-5,7,14H,6,13H2,1-3H3,(H,15,16). The van der Waals surface area contributed by atoms with Crippen molar-refractivity contribution in [3.05, 3.63) is 17.8 Å². The maximum absolute atomic E-state index is 5.88. The topological polar surface area (TPSA) is 66.7 Å². The first-order valence-corrected chi connectivity index (χ1v) is 5.56. The van der Waals surface area contributed by atoms with Crippen LogP contribution in [0.25, 0.3) is 10.9 Å². The van der Waals surface area contributed by atoms with Gasteiger partial charge in [0.1, 0.15) is 5.52 Å². The van der Waals surface area contributed by atoms with Crippen LogP contribution in [-0.4, -0.2) is 16.7 Å². The number of nitrogens with one attached hydrogen (secondary N) is 2. The summed E-state index contributed by atoms with van der Waals surface area (Å²) in [4.78, 5) is 0. The number of hydrogen-bond donors (Lipinski definition) is 3. The van der Waals surface area contributed by atoms with Crippen molar-refractivity contribution in [2.24, 2.45) is 5.92 Å². The Bertz CT molecular complexity index is 499. The van der Waals surface area contributed by atoms with E-state index in [1.807, 2.05) is 19.1 Å². The molecular formula is C12H18N4. The van der Waals surface area contributed by atoms with Crippen molar-refractivity contribution in [1.29, 1.82) is 0 Å². The van der Waals surface area contributed by atoms with Crippen molar-refractivity contribution in [3.8, 4) is 0 Å². The second kappa shape index (κ2) is 4.04. The molecule has 0 fully saturated rings. The summed E-state index contributed by atoms with van der Waals surface area (Å²) in [6.07, 6.45) is 0. The van der Waals surface area contributed by atoms with Crippen molar-refractivity contribution in [1.82, 2.24) is 10.2 Å². The Kier molecular flexibility index (Phi) is 2.73. The van der Waals surface area contributed by atoms with Crippen LogP contribution in [-0.2, 0) is 0 Å². The zero-order valence-electron chi connectivity index (χ0n) is 9.96. The molecule has 0 saturated carbocycles. The zero-order chi connectivity index (χ0) is 11.7. The first kappa shape index (κ1) is 10.8. The van der Waals surface area contributed by atoms with Gasteiger partial charge in [0.05, 0.1) is 5.69 Å². The molecule has 0 aliphatic heterocycles. The van der Waals surface area contributed by atoms with E-state index in [0.29, 0.717) is 5.92 Å². The number of hydrogen-bond acceptors (Lipinski definition) is 3. The number of aromatic nitrogens is 2. The number of fused-ring (bicyclic) bond motifs is 1. The smallest absolute Gasteiger partial charge is 0.116 e. The Balaban J connectivity index is 2.43. The van der Waals surface area contributed by atoms with Gasteiger partial charge in [0.25, 0.3) is 0 Å². The van der Waals surface area contributed by atoms with Crippen LogP contribution in [0.3, 0.4) is 0 Å². The van der Waals surface area contributed by atoms with Gasteiger partial charge in [-0.25, -0.2) is 0 Å². The molecule has 86 valence electrons. The van der Waals surface area contributed by atoms with E-state index >= 15 is 0 Å². The third-order valence-corrected chi connectivity index (χ3v) is 2.57. The number of aromatic amines is 1. The minimum absolute atomic E-state index is 0.594. The van der Waals surface area contributed by atoms with Gasteiger partial charge in [-0.05, 0) is 25.0 Å². The van der Waals surface area contributed by atoms with Crippen molar-refractivity contribution in [3.63, 3.8) is 0 Å². The normalized spacial score (nSPS) is 11.2. The van der Waals surface area contributed by atoms with E-state index in [9.17, 15) is 0 Å². The van der Waals surface area contributed by atoms with Crippen molar-refractivity contribution in [2.45, 2.75) is 20.8 Å². The molecule has 4 heteroatoms. The first-order chi connectivity index (χ1) is 7.58. The number of nitrogens with two attached hydrogens (primary N) is 1. The molecule has 0 radical (unpaired) electrons. The fraction of sp³-hybridized carbons (Fsp3) is 0.417. The molecule has 0 aliphatic rings. The van der Waals surface area contributed by atoms with Gasteiger partial charge in [-0.3, -0.25) is 5.10 Å². The van der Waals surface area contributed by atoms with Crippen LogP contribution < -0.4 is 11.1 Å². The molecular weight excluding hydrogens is 200 g/mol. The number of anilines is 2. The van der Waals surface area contributed by atoms with Gasteiger partial charge in [-0.1, -0.05) is 13.8 Å². The molecule has 2 aromatic rings. The van der Waals surface area contributed by atoms with Crippen LogP contribution in [0.2, 0.25) is 0 Å². The summed E-state index contributed by atoms with van der Waals surface area (Å²) in [5.41, 5.74) is 9.67. The molecule has 1 aromatic heterocycles. The van der Waals surface area contributed by atoms with Crippen LogP contribution >= 0.6 is 0 Å². The predicted molar refractivity (Wildman–Crippen MR) is 68.6 cm³/mol. The minimum Gasteiger partial charge on any atom is -0.399 e. The van der Waals surface area contributed by atoms with Gasteiger partial charge in [-0.15, -0.1) is 0 Å². The molecule has 16 heavy (non-hydrogen) atoms. The van der Waals surface area contributed by atoms with E-state index in [2.05, 4.69) is 29.4 Å². The molecule has 2 rings (SSSR count). The average Bonchev–Trinajstić information content (AvgIpc) is 2.57. The number of aryl methyl sites for hydroxylation is 1. The van der Waals surface area contributed by atoms with Crippen molar-refractivity contribution >= 4 is 22.3 Å². The lowest BCUT2D eigenvalue weighted by molar-refractivity contribution is 0.689. The Morgan fingerprint density at radius 1 is 1.44 bits per heavy atom. The number of rotatable bonds is 3. The molecule has 0 amide bonds. The molecule has 0 atom stereocenters. The van der Waals surface area contributed by atoms with Crippen molar-refractivity contribution < 1.29 is 0 Å². The number of nitrogen functional groups attached to an aromatic ring is 1. The predicted octanol–water partition coefficient (Wildman–Crippen LogP) is 2.52. The second-order valence-electron chi connectivity index (χ2n) is 4.59. The van der Waals surface area contributed by atoms with Gasteiger partial charge in [0.2, 0.25) is 0 Å². The third kappa shape index (κ3) is 1.96. The van der Waals surface area contributed by atoms with Gasteiger partial charge in [0, 0.05) is 23.3 Å². The average molecular weight is 218 g/mol. The summed E-state index contributed by atoms with van der Waals surface area (Å²) in [6.45, 7) is 7.27. The summed E-state index contributed by atoms with van der Waals surface area (Å²) in [7, 11) is 0. The van der Waals surface area contributed by atoms with Gasteiger partial charge in [-0.2, -0.15) is 5.10 Å². The molecule has 0 spiro atoms. The molecule has 0 saturated heterocycles. The Labute approximate surface area is 95.2 Å². The molecule has 0 bridgehead atoms. The van der Waals surface area contributed by atoms with Crippen LogP contribution in [0, 0.1) is 12.8 Å². The molecule has 4 N–H and O–H groups in total. The third-order valence-electron chi connectivity index (χ3n) is 2.57. The van der Waals surface area contributed by atoms with Gasteiger partial charge >= 0.3 is 0 Å². The monoisotopic (exact) mass is 218 g/mol. The summed E-state index contributed by atoms with van der Waals surface area (Å²) in [5, 5.41) is 11.7. The highest BCUT2D eigenvalue weighted by atomic mass is 15.1. The number of nitrogens with zero attached hydrogens (tertiary/aromatic N) is 1. The molecule has 4 nitrogen and oxygen atoms in total. The second-order valence-corrected chi connectivity index (χ2v) is 4.59. The highest BCUT2D eigenvalue weighted by Crippen LogP contribution is 2.27. The highest BCUT2D eigenvalue weighted by Gasteiger charge is 2.08.